The van der Waals surface area contributed by atoms with E-state index >= 15 is 0 Å². The van der Waals surface area contributed by atoms with Crippen molar-refractivity contribution < 1.29 is 9.47 Å². The molecule has 1 aliphatic heterocycles. The first-order valence-corrected chi connectivity index (χ1v) is 8.60. The predicted molar refractivity (Wildman–Crippen MR) is 98.9 cm³/mol. The summed E-state index contributed by atoms with van der Waals surface area (Å²) in [7, 11) is 1.71. The largest absolute Gasteiger partial charge is 0.496 e. The fraction of sp³-hybridized carbons (Fsp3) is 0.526. The van der Waals surface area contributed by atoms with Crippen molar-refractivity contribution in [2.24, 2.45) is 4.99 Å². The van der Waals surface area contributed by atoms with E-state index in [0.717, 1.165) is 44.2 Å². The number of nitrogens with zero attached hydrogens (tertiary/aromatic N) is 1. The summed E-state index contributed by atoms with van der Waals surface area (Å²) in [4.78, 5) is 4.71. The molecular formula is C19H29N3O2. The van der Waals surface area contributed by atoms with E-state index in [-0.39, 0.29) is 0 Å². The van der Waals surface area contributed by atoms with E-state index in [2.05, 4.69) is 36.3 Å². The fourth-order valence-electron chi connectivity index (χ4n) is 2.75. The third kappa shape index (κ3) is 5.89. The normalized spacial score (nSPS) is 15.8. The highest BCUT2D eigenvalue weighted by Crippen LogP contribution is 2.20. The minimum absolute atomic E-state index is 0.420. The zero-order chi connectivity index (χ0) is 17.2. The Labute approximate surface area is 145 Å². The molecule has 5 heteroatoms. The number of hydrogen-bond donors (Lipinski definition) is 2. The first kappa shape index (κ1) is 18.3. The molecule has 1 aromatic rings. The van der Waals surface area contributed by atoms with Crippen molar-refractivity contribution in [2.75, 3.05) is 33.4 Å². The highest BCUT2D eigenvalue weighted by atomic mass is 16.5. The molecule has 0 aliphatic carbocycles. The Morgan fingerprint density at radius 2 is 2.21 bits per heavy atom. The van der Waals surface area contributed by atoms with Gasteiger partial charge in [0.15, 0.2) is 5.96 Å². The standard InChI is InChI=1S/C19H29N3O2/c1-4-10-20-19(22-17-8-12-24-13-9-17)21-11-7-16-14-15(2)5-6-18(16)23-3/h4-6,14,17H,1,7-13H2,2-3H3,(H2,20,21,22). The van der Waals surface area contributed by atoms with Crippen LogP contribution in [0.2, 0.25) is 0 Å². The van der Waals surface area contributed by atoms with Crippen molar-refractivity contribution >= 4 is 5.96 Å². The first-order valence-electron chi connectivity index (χ1n) is 8.60. The van der Waals surface area contributed by atoms with E-state index in [9.17, 15) is 0 Å². The van der Waals surface area contributed by atoms with Crippen LogP contribution < -0.4 is 15.4 Å². The summed E-state index contributed by atoms with van der Waals surface area (Å²) in [5, 5.41) is 6.79. The van der Waals surface area contributed by atoms with E-state index in [1.807, 2.05) is 12.1 Å². The summed E-state index contributed by atoms with van der Waals surface area (Å²) in [6, 6.07) is 6.67. The minimum Gasteiger partial charge on any atom is -0.496 e. The highest BCUT2D eigenvalue weighted by Gasteiger charge is 2.14. The van der Waals surface area contributed by atoms with E-state index in [1.165, 1.54) is 11.1 Å². The number of benzene rings is 1. The minimum atomic E-state index is 0.420. The van der Waals surface area contributed by atoms with E-state index in [1.54, 1.807) is 7.11 Å². The lowest BCUT2D eigenvalue weighted by Crippen LogP contribution is -2.45. The molecule has 0 bridgehead atoms. The Morgan fingerprint density at radius 1 is 1.42 bits per heavy atom. The van der Waals surface area contributed by atoms with Gasteiger partial charge >= 0.3 is 0 Å². The molecule has 24 heavy (non-hydrogen) atoms. The summed E-state index contributed by atoms with van der Waals surface area (Å²) < 4.78 is 10.8. The van der Waals surface area contributed by atoms with Crippen molar-refractivity contribution in [1.82, 2.24) is 10.6 Å². The highest BCUT2D eigenvalue weighted by molar-refractivity contribution is 5.80. The third-order valence-corrected chi connectivity index (χ3v) is 4.06. The maximum Gasteiger partial charge on any atom is 0.191 e. The van der Waals surface area contributed by atoms with Gasteiger partial charge in [-0.15, -0.1) is 6.58 Å². The molecule has 1 aromatic carbocycles. The van der Waals surface area contributed by atoms with Crippen molar-refractivity contribution in [3.8, 4) is 5.75 Å². The van der Waals surface area contributed by atoms with Crippen LogP contribution in [0, 0.1) is 6.92 Å². The molecule has 0 amide bonds. The summed E-state index contributed by atoms with van der Waals surface area (Å²) in [5.74, 6) is 1.77. The number of aryl methyl sites for hydroxylation is 1. The Bertz CT molecular complexity index is 552. The molecule has 0 atom stereocenters. The molecule has 0 aromatic heterocycles. The third-order valence-electron chi connectivity index (χ3n) is 4.06. The summed E-state index contributed by atoms with van der Waals surface area (Å²) in [6.07, 6.45) is 4.71. The lowest BCUT2D eigenvalue weighted by atomic mass is 10.1. The molecule has 1 saturated heterocycles. The number of aliphatic imine (C=N–C) groups is 1. The van der Waals surface area contributed by atoms with Crippen LogP contribution in [0.3, 0.4) is 0 Å². The van der Waals surface area contributed by atoms with Gasteiger partial charge in [-0.3, -0.25) is 4.99 Å². The van der Waals surface area contributed by atoms with Gasteiger partial charge in [0.1, 0.15) is 5.75 Å². The van der Waals surface area contributed by atoms with Gasteiger partial charge in [0, 0.05) is 32.3 Å². The molecule has 5 nitrogen and oxygen atoms in total. The van der Waals surface area contributed by atoms with Crippen LogP contribution in [0.25, 0.3) is 0 Å². The zero-order valence-corrected chi connectivity index (χ0v) is 14.8. The van der Waals surface area contributed by atoms with Gasteiger partial charge in [-0.05, 0) is 37.8 Å². The molecule has 0 radical (unpaired) electrons. The Balaban J connectivity index is 1.95. The van der Waals surface area contributed by atoms with Crippen LogP contribution in [-0.4, -0.2) is 45.4 Å². The van der Waals surface area contributed by atoms with Crippen LogP contribution >= 0.6 is 0 Å². The number of rotatable bonds is 7. The number of nitrogens with one attached hydrogen (secondary N) is 2. The van der Waals surface area contributed by atoms with Gasteiger partial charge in [-0.1, -0.05) is 23.8 Å². The molecule has 2 rings (SSSR count). The Hall–Kier alpha value is -2.01. The summed E-state index contributed by atoms with van der Waals surface area (Å²) >= 11 is 0. The molecule has 1 fully saturated rings. The van der Waals surface area contributed by atoms with Crippen LogP contribution in [0.4, 0.5) is 0 Å². The molecule has 0 spiro atoms. The number of methoxy groups -OCH3 is 1. The topological polar surface area (TPSA) is 54.9 Å². The van der Waals surface area contributed by atoms with Gasteiger partial charge in [-0.2, -0.15) is 0 Å². The van der Waals surface area contributed by atoms with E-state index < -0.39 is 0 Å². The average Bonchev–Trinajstić information content (AvgIpc) is 2.60. The van der Waals surface area contributed by atoms with Gasteiger partial charge in [0.05, 0.1) is 7.11 Å². The maximum absolute atomic E-state index is 5.44. The van der Waals surface area contributed by atoms with E-state index in [4.69, 9.17) is 14.5 Å². The lowest BCUT2D eigenvalue weighted by Gasteiger charge is -2.25. The van der Waals surface area contributed by atoms with Crippen molar-refractivity contribution in [3.05, 3.63) is 42.0 Å². The number of ether oxygens (including phenoxy) is 2. The lowest BCUT2D eigenvalue weighted by molar-refractivity contribution is 0.0822. The van der Waals surface area contributed by atoms with Gasteiger partial charge in [0.25, 0.3) is 0 Å². The smallest absolute Gasteiger partial charge is 0.191 e. The summed E-state index contributed by atoms with van der Waals surface area (Å²) in [5.41, 5.74) is 2.43. The molecule has 1 aliphatic rings. The quantitative estimate of drug-likeness (QED) is 0.458. The second-order valence-electron chi connectivity index (χ2n) is 6.00. The van der Waals surface area contributed by atoms with Gasteiger partial charge < -0.3 is 20.1 Å². The molecule has 132 valence electrons. The molecule has 2 N–H and O–H groups in total. The zero-order valence-electron chi connectivity index (χ0n) is 14.8. The number of guanidine groups is 1. The second kappa shape index (κ2) is 9.98. The molecular weight excluding hydrogens is 302 g/mol. The SMILES string of the molecule is C=CCNC(=NCCc1cc(C)ccc1OC)NC1CCOCC1. The van der Waals surface area contributed by atoms with Crippen molar-refractivity contribution in [1.29, 1.82) is 0 Å². The van der Waals surface area contributed by atoms with Crippen LogP contribution in [-0.2, 0) is 11.2 Å². The first-order chi connectivity index (χ1) is 11.7. The van der Waals surface area contributed by atoms with Crippen LogP contribution in [0.1, 0.15) is 24.0 Å². The van der Waals surface area contributed by atoms with Gasteiger partial charge in [0.2, 0.25) is 0 Å². The van der Waals surface area contributed by atoms with E-state index in [0.29, 0.717) is 19.1 Å². The molecule has 1 heterocycles. The van der Waals surface area contributed by atoms with Crippen molar-refractivity contribution in [3.63, 3.8) is 0 Å². The summed E-state index contributed by atoms with van der Waals surface area (Å²) in [6.45, 7) is 8.88. The van der Waals surface area contributed by atoms with Crippen molar-refractivity contribution in [2.45, 2.75) is 32.2 Å². The fourth-order valence-corrected chi connectivity index (χ4v) is 2.75. The maximum atomic E-state index is 5.44. The van der Waals surface area contributed by atoms with Crippen LogP contribution in [0.5, 0.6) is 5.75 Å². The second-order valence-corrected chi connectivity index (χ2v) is 6.00. The monoisotopic (exact) mass is 331 g/mol. The Kier molecular flexibility index (Phi) is 7.62. The van der Waals surface area contributed by atoms with Crippen LogP contribution in [0.15, 0.2) is 35.8 Å². The predicted octanol–water partition coefficient (Wildman–Crippen LogP) is 2.45. The molecule has 0 unspecified atom stereocenters. The molecule has 0 saturated carbocycles. The number of hydrogen-bond acceptors (Lipinski definition) is 3. The Morgan fingerprint density at radius 3 is 2.92 bits per heavy atom. The van der Waals surface area contributed by atoms with Gasteiger partial charge in [-0.25, -0.2) is 0 Å². The average molecular weight is 331 g/mol.